The van der Waals surface area contributed by atoms with Crippen LogP contribution in [-0.4, -0.2) is 0 Å². The summed E-state index contributed by atoms with van der Waals surface area (Å²) in [5, 5.41) is 2.39. The van der Waals surface area contributed by atoms with Gasteiger partial charge in [0.15, 0.2) is 0 Å². The molecule has 0 saturated carbocycles. The fourth-order valence-electron chi connectivity index (χ4n) is 1.73. The van der Waals surface area contributed by atoms with Gasteiger partial charge in [-0.1, -0.05) is 52.9 Å². The predicted octanol–water partition coefficient (Wildman–Crippen LogP) is 4.98. The molecule has 2 heteroatoms. The van der Waals surface area contributed by atoms with Gasteiger partial charge in [0.25, 0.3) is 0 Å². The number of rotatable bonds is 2. The normalized spacial score (nSPS) is 10.5. The van der Waals surface area contributed by atoms with E-state index >= 15 is 0 Å². The van der Waals surface area contributed by atoms with Crippen LogP contribution in [0.25, 0.3) is 16.8 Å². The molecule has 0 fully saturated rings. The van der Waals surface area contributed by atoms with Crippen molar-refractivity contribution in [1.29, 1.82) is 0 Å². The quantitative estimate of drug-likeness (QED) is 0.681. The maximum absolute atomic E-state index is 5.95. The first-order valence-corrected chi connectivity index (χ1v) is 5.99. The SMILES string of the molecule is C=Cc1cc(Br)c(CCl)c2ccccc12. The van der Waals surface area contributed by atoms with Crippen LogP contribution in [0.2, 0.25) is 0 Å². The molecule has 2 rings (SSSR count). The number of benzene rings is 2. The predicted molar refractivity (Wildman–Crippen MR) is 71.3 cm³/mol. The lowest BCUT2D eigenvalue weighted by Crippen LogP contribution is -1.87. The standard InChI is InChI=1S/C13H10BrCl/c1-2-9-7-13(14)12(8-15)11-6-4-3-5-10(9)11/h2-7H,1,8H2. The Morgan fingerprint density at radius 3 is 2.53 bits per heavy atom. The average Bonchev–Trinajstić information content (AvgIpc) is 2.28. The zero-order chi connectivity index (χ0) is 10.8. The van der Waals surface area contributed by atoms with Crippen LogP contribution in [0.15, 0.2) is 41.4 Å². The lowest BCUT2D eigenvalue weighted by atomic mass is 10.0. The Morgan fingerprint density at radius 1 is 1.27 bits per heavy atom. The van der Waals surface area contributed by atoms with Crippen molar-refractivity contribution in [3.8, 4) is 0 Å². The first kappa shape index (κ1) is 10.7. The first-order chi connectivity index (χ1) is 7.27. The van der Waals surface area contributed by atoms with Crippen molar-refractivity contribution >= 4 is 44.4 Å². The molecule has 0 aliphatic rings. The Morgan fingerprint density at radius 2 is 1.93 bits per heavy atom. The van der Waals surface area contributed by atoms with Gasteiger partial charge in [-0.05, 0) is 28.0 Å². The van der Waals surface area contributed by atoms with Crippen LogP contribution in [0.3, 0.4) is 0 Å². The van der Waals surface area contributed by atoms with E-state index in [9.17, 15) is 0 Å². The Kier molecular flexibility index (Phi) is 3.13. The molecule has 0 atom stereocenters. The van der Waals surface area contributed by atoms with Crippen molar-refractivity contribution in [2.45, 2.75) is 5.88 Å². The highest BCUT2D eigenvalue weighted by Gasteiger charge is 2.07. The minimum absolute atomic E-state index is 0.512. The maximum Gasteiger partial charge on any atom is 0.0491 e. The number of hydrogen-bond acceptors (Lipinski definition) is 0. The van der Waals surface area contributed by atoms with Gasteiger partial charge in [0.05, 0.1) is 0 Å². The molecule has 0 aliphatic heterocycles. The van der Waals surface area contributed by atoms with Gasteiger partial charge in [0.2, 0.25) is 0 Å². The van der Waals surface area contributed by atoms with Gasteiger partial charge in [0.1, 0.15) is 0 Å². The van der Waals surface area contributed by atoms with Crippen LogP contribution >= 0.6 is 27.5 Å². The molecular weight excluding hydrogens is 272 g/mol. The van der Waals surface area contributed by atoms with E-state index in [-0.39, 0.29) is 0 Å². The first-order valence-electron chi connectivity index (χ1n) is 4.66. The molecule has 0 heterocycles. The van der Waals surface area contributed by atoms with Gasteiger partial charge in [-0.25, -0.2) is 0 Å². The van der Waals surface area contributed by atoms with E-state index in [1.54, 1.807) is 0 Å². The molecule has 2 aromatic carbocycles. The Bertz CT molecular complexity index is 517. The number of alkyl halides is 1. The molecule has 2 aromatic rings. The molecule has 0 aliphatic carbocycles. The second-order valence-electron chi connectivity index (χ2n) is 3.31. The lowest BCUT2D eigenvalue weighted by Gasteiger charge is -2.09. The van der Waals surface area contributed by atoms with Crippen molar-refractivity contribution in [2.75, 3.05) is 0 Å². The molecule has 0 amide bonds. The third-order valence-corrected chi connectivity index (χ3v) is 3.46. The van der Waals surface area contributed by atoms with E-state index in [0.29, 0.717) is 5.88 Å². The summed E-state index contributed by atoms with van der Waals surface area (Å²) in [6.07, 6.45) is 1.87. The molecule has 0 radical (unpaired) electrons. The van der Waals surface area contributed by atoms with Crippen LogP contribution in [0.4, 0.5) is 0 Å². The topological polar surface area (TPSA) is 0 Å². The zero-order valence-electron chi connectivity index (χ0n) is 8.13. The molecule has 0 unspecified atom stereocenters. The van der Waals surface area contributed by atoms with E-state index in [1.807, 2.05) is 18.2 Å². The molecule has 0 bridgehead atoms. The summed E-state index contributed by atoms with van der Waals surface area (Å²) in [6.45, 7) is 3.82. The van der Waals surface area contributed by atoms with E-state index < -0.39 is 0 Å². The summed E-state index contributed by atoms with van der Waals surface area (Å²) in [7, 11) is 0. The average molecular weight is 282 g/mol. The number of fused-ring (bicyclic) bond motifs is 1. The maximum atomic E-state index is 5.95. The van der Waals surface area contributed by atoms with Crippen molar-refractivity contribution in [2.24, 2.45) is 0 Å². The molecule has 0 nitrogen and oxygen atoms in total. The van der Waals surface area contributed by atoms with Gasteiger partial charge >= 0.3 is 0 Å². The minimum atomic E-state index is 0.512. The molecule has 0 N–H and O–H groups in total. The van der Waals surface area contributed by atoms with Crippen LogP contribution in [0.1, 0.15) is 11.1 Å². The molecular formula is C13H10BrCl. The van der Waals surface area contributed by atoms with Crippen LogP contribution < -0.4 is 0 Å². The molecule has 15 heavy (non-hydrogen) atoms. The van der Waals surface area contributed by atoms with Crippen molar-refractivity contribution in [3.05, 3.63) is 52.5 Å². The number of hydrogen-bond donors (Lipinski definition) is 0. The van der Waals surface area contributed by atoms with Gasteiger partial charge in [-0.3, -0.25) is 0 Å². The smallest absolute Gasteiger partial charge is 0.0491 e. The second kappa shape index (κ2) is 4.38. The van der Waals surface area contributed by atoms with Gasteiger partial charge < -0.3 is 0 Å². The lowest BCUT2D eigenvalue weighted by molar-refractivity contribution is 1.41. The van der Waals surface area contributed by atoms with Crippen LogP contribution in [0.5, 0.6) is 0 Å². The molecule has 0 spiro atoms. The molecule has 0 saturated heterocycles. The summed E-state index contributed by atoms with van der Waals surface area (Å²) in [4.78, 5) is 0. The fraction of sp³-hybridized carbons (Fsp3) is 0.0769. The highest BCUT2D eigenvalue weighted by Crippen LogP contribution is 2.31. The van der Waals surface area contributed by atoms with Gasteiger partial charge in [0, 0.05) is 10.4 Å². The minimum Gasteiger partial charge on any atom is -0.121 e. The summed E-state index contributed by atoms with van der Waals surface area (Å²) in [5.41, 5.74) is 2.27. The largest absolute Gasteiger partial charge is 0.121 e. The molecule has 0 aromatic heterocycles. The summed E-state index contributed by atoms with van der Waals surface area (Å²) in [5.74, 6) is 0.512. The van der Waals surface area contributed by atoms with Crippen molar-refractivity contribution in [3.63, 3.8) is 0 Å². The fourth-order valence-corrected chi connectivity index (χ4v) is 2.78. The summed E-state index contributed by atoms with van der Waals surface area (Å²) >= 11 is 9.49. The van der Waals surface area contributed by atoms with E-state index in [2.05, 4.69) is 40.7 Å². The van der Waals surface area contributed by atoms with Crippen molar-refractivity contribution < 1.29 is 0 Å². The number of halogens is 2. The second-order valence-corrected chi connectivity index (χ2v) is 4.43. The Balaban J connectivity index is 2.92. The molecule has 76 valence electrons. The van der Waals surface area contributed by atoms with Crippen LogP contribution in [-0.2, 0) is 5.88 Å². The highest BCUT2D eigenvalue weighted by molar-refractivity contribution is 9.10. The monoisotopic (exact) mass is 280 g/mol. The van der Waals surface area contributed by atoms with Crippen LogP contribution in [0, 0.1) is 0 Å². The van der Waals surface area contributed by atoms with E-state index in [4.69, 9.17) is 11.6 Å². The van der Waals surface area contributed by atoms with Crippen molar-refractivity contribution in [1.82, 2.24) is 0 Å². The highest BCUT2D eigenvalue weighted by atomic mass is 79.9. The third kappa shape index (κ3) is 1.82. The Labute approximate surface area is 103 Å². The zero-order valence-corrected chi connectivity index (χ0v) is 10.5. The summed E-state index contributed by atoms with van der Waals surface area (Å²) < 4.78 is 1.05. The van der Waals surface area contributed by atoms with E-state index in [0.717, 1.165) is 15.6 Å². The van der Waals surface area contributed by atoms with Gasteiger partial charge in [-0.2, -0.15) is 0 Å². The van der Waals surface area contributed by atoms with Gasteiger partial charge in [-0.15, -0.1) is 11.6 Å². The Hall–Kier alpha value is -0.790. The van der Waals surface area contributed by atoms with E-state index in [1.165, 1.54) is 10.8 Å². The third-order valence-electron chi connectivity index (χ3n) is 2.49. The summed E-state index contributed by atoms with van der Waals surface area (Å²) in [6, 6.07) is 10.3.